The highest BCUT2D eigenvalue weighted by Crippen LogP contribution is 2.26. The van der Waals surface area contributed by atoms with Crippen molar-refractivity contribution >= 4 is 5.69 Å². The summed E-state index contributed by atoms with van der Waals surface area (Å²) in [5, 5.41) is 13.4. The van der Waals surface area contributed by atoms with Crippen LogP contribution in [0.4, 0.5) is 10.1 Å². The van der Waals surface area contributed by atoms with E-state index in [2.05, 4.69) is 5.32 Å². The molecule has 5 heteroatoms. The molecule has 0 aliphatic heterocycles. The zero-order chi connectivity index (χ0) is 10.7. The molecule has 0 spiro atoms. The molecule has 0 heterocycles. The van der Waals surface area contributed by atoms with Crippen molar-refractivity contribution < 1.29 is 9.31 Å². The van der Waals surface area contributed by atoms with Gasteiger partial charge in [-0.1, -0.05) is 6.07 Å². The lowest BCUT2D eigenvalue weighted by atomic mass is 10.1. The largest absolute Gasteiger partial charge is 0.313 e. The van der Waals surface area contributed by atoms with Gasteiger partial charge in [-0.05, 0) is 20.0 Å². The second kappa shape index (κ2) is 4.15. The number of halogens is 1. The van der Waals surface area contributed by atoms with E-state index >= 15 is 0 Å². The average Bonchev–Trinajstić information content (AvgIpc) is 2.16. The molecule has 4 nitrogen and oxygen atoms in total. The van der Waals surface area contributed by atoms with Gasteiger partial charge in [0.25, 0.3) is 5.69 Å². The second-order valence-corrected chi connectivity index (χ2v) is 2.94. The Hall–Kier alpha value is -1.49. The topological polar surface area (TPSA) is 55.2 Å². The number of hydrogen-bond acceptors (Lipinski definition) is 3. The van der Waals surface area contributed by atoms with E-state index in [-0.39, 0.29) is 17.3 Å². The SMILES string of the molecule is CNC(C)c1c(F)cccc1[N+](=O)[O-]. The van der Waals surface area contributed by atoms with Crippen LogP contribution in [0, 0.1) is 15.9 Å². The third kappa shape index (κ3) is 1.88. The molecule has 0 saturated carbocycles. The standard InChI is InChI=1S/C9H11FN2O2/c1-6(11-2)9-7(10)4-3-5-8(9)12(13)14/h3-6,11H,1-2H3. The fourth-order valence-corrected chi connectivity index (χ4v) is 1.26. The summed E-state index contributed by atoms with van der Waals surface area (Å²) in [6, 6.07) is 3.47. The van der Waals surface area contributed by atoms with Crippen LogP contribution >= 0.6 is 0 Å². The van der Waals surface area contributed by atoms with Crippen LogP contribution < -0.4 is 5.32 Å². The van der Waals surface area contributed by atoms with Crippen LogP contribution in [0.3, 0.4) is 0 Å². The first kappa shape index (κ1) is 10.6. The summed E-state index contributed by atoms with van der Waals surface area (Å²) in [5.41, 5.74) is -0.0909. The quantitative estimate of drug-likeness (QED) is 0.597. The molecule has 14 heavy (non-hydrogen) atoms. The second-order valence-electron chi connectivity index (χ2n) is 2.94. The predicted octanol–water partition coefficient (Wildman–Crippen LogP) is 2.01. The highest BCUT2D eigenvalue weighted by atomic mass is 19.1. The molecule has 0 saturated heterocycles. The Bertz CT molecular complexity index is 355. The van der Waals surface area contributed by atoms with Gasteiger partial charge >= 0.3 is 0 Å². The molecule has 0 fully saturated rings. The van der Waals surface area contributed by atoms with Gasteiger partial charge in [0, 0.05) is 12.1 Å². The Kier molecular flexibility index (Phi) is 3.14. The van der Waals surface area contributed by atoms with Crippen LogP contribution in [0.1, 0.15) is 18.5 Å². The fourth-order valence-electron chi connectivity index (χ4n) is 1.26. The molecule has 76 valence electrons. The first-order chi connectivity index (χ1) is 6.57. The van der Waals surface area contributed by atoms with Crippen LogP contribution in [0.5, 0.6) is 0 Å². The zero-order valence-corrected chi connectivity index (χ0v) is 7.95. The van der Waals surface area contributed by atoms with Gasteiger partial charge in [0.15, 0.2) is 0 Å². The van der Waals surface area contributed by atoms with Crippen LogP contribution in [0.2, 0.25) is 0 Å². The highest BCUT2D eigenvalue weighted by molar-refractivity contribution is 5.42. The van der Waals surface area contributed by atoms with Crippen molar-refractivity contribution in [2.75, 3.05) is 7.05 Å². The summed E-state index contributed by atoms with van der Waals surface area (Å²) in [7, 11) is 1.63. The molecule has 1 N–H and O–H groups in total. The predicted molar refractivity (Wildman–Crippen MR) is 50.5 cm³/mol. The number of nitrogens with one attached hydrogen (secondary N) is 1. The van der Waals surface area contributed by atoms with Crippen LogP contribution in [-0.4, -0.2) is 12.0 Å². The molecule has 0 aromatic heterocycles. The lowest BCUT2D eigenvalue weighted by molar-refractivity contribution is -0.386. The van der Waals surface area contributed by atoms with Gasteiger partial charge < -0.3 is 5.32 Å². The molecule has 1 aromatic rings. The molecular formula is C9H11FN2O2. The molecular weight excluding hydrogens is 187 g/mol. The highest BCUT2D eigenvalue weighted by Gasteiger charge is 2.21. The molecule has 1 atom stereocenters. The van der Waals surface area contributed by atoms with E-state index in [1.807, 2.05) is 0 Å². The monoisotopic (exact) mass is 198 g/mol. The van der Waals surface area contributed by atoms with Crippen molar-refractivity contribution in [1.29, 1.82) is 0 Å². The smallest absolute Gasteiger partial charge is 0.277 e. The van der Waals surface area contributed by atoms with Gasteiger partial charge in [0.05, 0.1) is 10.5 Å². The maximum absolute atomic E-state index is 13.3. The zero-order valence-electron chi connectivity index (χ0n) is 7.95. The molecule has 1 rings (SSSR count). The van der Waals surface area contributed by atoms with Gasteiger partial charge in [-0.3, -0.25) is 10.1 Å². The Morgan fingerprint density at radius 1 is 1.57 bits per heavy atom. The van der Waals surface area contributed by atoms with Crippen molar-refractivity contribution in [3.8, 4) is 0 Å². The van der Waals surface area contributed by atoms with Crippen LogP contribution in [-0.2, 0) is 0 Å². The van der Waals surface area contributed by atoms with E-state index in [9.17, 15) is 14.5 Å². The maximum atomic E-state index is 13.3. The Labute approximate surface area is 80.9 Å². The van der Waals surface area contributed by atoms with Gasteiger partial charge in [-0.2, -0.15) is 0 Å². The first-order valence-electron chi connectivity index (χ1n) is 4.18. The van der Waals surface area contributed by atoms with Crippen molar-refractivity contribution in [3.63, 3.8) is 0 Å². The number of benzene rings is 1. The molecule has 0 radical (unpaired) electrons. The molecule has 1 unspecified atom stereocenters. The van der Waals surface area contributed by atoms with Crippen LogP contribution in [0.15, 0.2) is 18.2 Å². The lowest BCUT2D eigenvalue weighted by Gasteiger charge is -2.11. The van der Waals surface area contributed by atoms with E-state index < -0.39 is 10.7 Å². The van der Waals surface area contributed by atoms with Gasteiger partial charge in [0.1, 0.15) is 5.82 Å². The van der Waals surface area contributed by atoms with Gasteiger partial charge in [0.2, 0.25) is 0 Å². The van der Waals surface area contributed by atoms with Crippen LogP contribution in [0.25, 0.3) is 0 Å². The van der Waals surface area contributed by atoms with Crippen molar-refractivity contribution in [3.05, 3.63) is 39.7 Å². The fraction of sp³-hybridized carbons (Fsp3) is 0.333. The van der Waals surface area contributed by atoms with E-state index in [1.165, 1.54) is 18.2 Å². The summed E-state index contributed by atoms with van der Waals surface area (Å²) >= 11 is 0. The van der Waals surface area contributed by atoms with E-state index in [1.54, 1.807) is 14.0 Å². The van der Waals surface area contributed by atoms with Crippen molar-refractivity contribution in [2.24, 2.45) is 0 Å². The summed E-state index contributed by atoms with van der Waals surface area (Å²) in [6.45, 7) is 1.67. The summed E-state index contributed by atoms with van der Waals surface area (Å²) in [4.78, 5) is 10.0. The summed E-state index contributed by atoms with van der Waals surface area (Å²) in [6.07, 6.45) is 0. The lowest BCUT2D eigenvalue weighted by Crippen LogP contribution is -2.15. The Morgan fingerprint density at radius 3 is 2.71 bits per heavy atom. The van der Waals surface area contributed by atoms with E-state index in [4.69, 9.17) is 0 Å². The molecule has 0 aliphatic carbocycles. The van der Waals surface area contributed by atoms with E-state index in [0.717, 1.165) is 0 Å². The van der Waals surface area contributed by atoms with Gasteiger partial charge in [-0.25, -0.2) is 4.39 Å². The number of rotatable bonds is 3. The number of nitrogens with zero attached hydrogens (tertiary/aromatic N) is 1. The minimum absolute atomic E-state index is 0.0972. The van der Waals surface area contributed by atoms with Crippen molar-refractivity contribution in [1.82, 2.24) is 5.32 Å². The maximum Gasteiger partial charge on any atom is 0.277 e. The normalized spacial score (nSPS) is 12.5. The Morgan fingerprint density at radius 2 is 2.21 bits per heavy atom. The van der Waals surface area contributed by atoms with Crippen molar-refractivity contribution in [2.45, 2.75) is 13.0 Å². The molecule has 0 bridgehead atoms. The number of hydrogen-bond donors (Lipinski definition) is 1. The van der Waals surface area contributed by atoms with Gasteiger partial charge in [-0.15, -0.1) is 0 Å². The minimum atomic E-state index is -0.577. The average molecular weight is 198 g/mol. The minimum Gasteiger partial charge on any atom is -0.313 e. The Balaban J connectivity index is 3.29. The summed E-state index contributed by atoms with van der Waals surface area (Å²) in [5.74, 6) is -0.555. The molecule has 0 aliphatic rings. The van der Waals surface area contributed by atoms with E-state index in [0.29, 0.717) is 0 Å². The molecule has 0 amide bonds. The first-order valence-corrected chi connectivity index (χ1v) is 4.18. The third-order valence-corrected chi connectivity index (χ3v) is 2.09. The number of nitro groups is 1. The number of nitro benzene ring substituents is 1. The third-order valence-electron chi connectivity index (χ3n) is 2.09. The summed E-state index contributed by atoms with van der Waals surface area (Å²) < 4.78 is 13.3. The molecule has 1 aromatic carbocycles.